The van der Waals surface area contributed by atoms with Crippen LogP contribution in [0.15, 0.2) is 24.4 Å². The standard InChI is InChI=1S/C14H16ClN3/c1-2-12(17)7-10-9-18(6-5-16)14-8-11(15)3-4-13(10)14/h3-4,8-9,12H,2,6-7,17H2,1H3. The number of nitrogens with two attached hydrogens (primary N) is 1. The Balaban J connectivity index is 2.51. The number of nitriles is 1. The van der Waals surface area contributed by atoms with E-state index in [2.05, 4.69) is 13.0 Å². The van der Waals surface area contributed by atoms with Crippen molar-refractivity contribution in [2.75, 3.05) is 0 Å². The molecule has 0 amide bonds. The van der Waals surface area contributed by atoms with Gasteiger partial charge in [-0.15, -0.1) is 0 Å². The van der Waals surface area contributed by atoms with Gasteiger partial charge in [0.2, 0.25) is 0 Å². The summed E-state index contributed by atoms with van der Waals surface area (Å²) in [4.78, 5) is 0. The Morgan fingerprint density at radius 3 is 2.94 bits per heavy atom. The second kappa shape index (κ2) is 5.43. The molecular formula is C14H16ClN3. The van der Waals surface area contributed by atoms with E-state index in [0.29, 0.717) is 11.6 Å². The Bertz CT molecular complexity index is 595. The first-order chi connectivity index (χ1) is 8.65. The lowest BCUT2D eigenvalue weighted by Crippen LogP contribution is -2.21. The van der Waals surface area contributed by atoms with Crippen LogP contribution in [0.3, 0.4) is 0 Å². The number of benzene rings is 1. The molecule has 0 aliphatic rings. The largest absolute Gasteiger partial charge is 0.333 e. The van der Waals surface area contributed by atoms with Gasteiger partial charge in [-0.3, -0.25) is 0 Å². The van der Waals surface area contributed by atoms with Crippen LogP contribution in [0.4, 0.5) is 0 Å². The summed E-state index contributed by atoms with van der Waals surface area (Å²) in [5.41, 5.74) is 8.20. The fourth-order valence-electron chi connectivity index (χ4n) is 2.14. The third-order valence-electron chi connectivity index (χ3n) is 3.17. The van der Waals surface area contributed by atoms with E-state index < -0.39 is 0 Å². The first-order valence-corrected chi connectivity index (χ1v) is 6.43. The second-order valence-corrected chi connectivity index (χ2v) is 4.91. The number of hydrogen-bond acceptors (Lipinski definition) is 2. The summed E-state index contributed by atoms with van der Waals surface area (Å²) < 4.78 is 1.93. The Morgan fingerprint density at radius 2 is 2.28 bits per heavy atom. The monoisotopic (exact) mass is 261 g/mol. The van der Waals surface area contributed by atoms with Crippen LogP contribution < -0.4 is 5.73 Å². The summed E-state index contributed by atoms with van der Waals surface area (Å²) in [5, 5.41) is 10.7. The summed E-state index contributed by atoms with van der Waals surface area (Å²) in [6.45, 7) is 2.41. The Hall–Kier alpha value is -1.50. The minimum absolute atomic E-state index is 0.154. The van der Waals surface area contributed by atoms with Gasteiger partial charge in [-0.2, -0.15) is 5.26 Å². The zero-order chi connectivity index (χ0) is 13.1. The van der Waals surface area contributed by atoms with Crippen LogP contribution in [0.25, 0.3) is 10.9 Å². The van der Waals surface area contributed by atoms with Gasteiger partial charge in [-0.25, -0.2) is 0 Å². The quantitative estimate of drug-likeness (QED) is 0.919. The summed E-state index contributed by atoms with van der Waals surface area (Å²) >= 11 is 6.01. The zero-order valence-electron chi connectivity index (χ0n) is 10.4. The van der Waals surface area contributed by atoms with Crippen molar-refractivity contribution < 1.29 is 0 Å². The summed E-state index contributed by atoms with van der Waals surface area (Å²) in [6.07, 6.45) is 3.78. The van der Waals surface area contributed by atoms with Gasteiger partial charge < -0.3 is 10.3 Å². The molecule has 0 bridgehead atoms. The van der Waals surface area contributed by atoms with Crippen molar-refractivity contribution in [1.29, 1.82) is 5.26 Å². The van der Waals surface area contributed by atoms with E-state index >= 15 is 0 Å². The van der Waals surface area contributed by atoms with Crippen LogP contribution in [0.5, 0.6) is 0 Å². The third-order valence-corrected chi connectivity index (χ3v) is 3.41. The Morgan fingerprint density at radius 1 is 1.50 bits per heavy atom. The van der Waals surface area contributed by atoms with Crippen molar-refractivity contribution in [2.45, 2.75) is 32.4 Å². The molecule has 2 rings (SSSR count). The van der Waals surface area contributed by atoms with Crippen LogP contribution in [-0.4, -0.2) is 10.6 Å². The van der Waals surface area contributed by atoms with Gasteiger partial charge in [0.05, 0.1) is 11.6 Å². The molecule has 1 heterocycles. The number of nitrogens with zero attached hydrogens (tertiary/aromatic N) is 2. The highest BCUT2D eigenvalue weighted by Gasteiger charge is 2.11. The van der Waals surface area contributed by atoms with Crippen LogP contribution >= 0.6 is 11.6 Å². The predicted octanol–water partition coefficient (Wildman–Crippen LogP) is 3.10. The summed E-state index contributed by atoms with van der Waals surface area (Å²) in [5.74, 6) is 0. The average Bonchev–Trinajstić information content (AvgIpc) is 2.67. The van der Waals surface area contributed by atoms with E-state index in [0.717, 1.165) is 23.7 Å². The number of aromatic nitrogens is 1. The number of rotatable bonds is 4. The van der Waals surface area contributed by atoms with E-state index in [1.807, 2.05) is 29.0 Å². The SMILES string of the molecule is CCC(N)Cc1cn(CC#N)c2cc(Cl)ccc12. The molecule has 1 aromatic heterocycles. The predicted molar refractivity (Wildman–Crippen MR) is 74.5 cm³/mol. The minimum atomic E-state index is 0.154. The van der Waals surface area contributed by atoms with Gasteiger partial charge in [0.1, 0.15) is 6.54 Å². The van der Waals surface area contributed by atoms with E-state index in [1.165, 1.54) is 5.56 Å². The highest BCUT2D eigenvalue weighted by atomic mass is 35.5. The molecule has 3 nitrogen and oxygen atoms in total. The summed E-state index contributed by atoms with van der Waals surface area (Å²) in [7, 11) is 0. The molecule has 0 aliphatic carbocycles. The van der Waals surface area contributed by atoms with E-state index in [9.17, 15) is 0 Å². The molecule has 1 unspecified atom stereocenters. The van der Waals surface area contributed by atoms with Crippen molar-refractivity contribution in [1.82, 2.24) is 4.57 Å². The molecule has 1 aromatic carbocycles. The first-order valence-electron chi connectivity index (χ1n) is 6.05. The van der Waals surface area contributed by atoms with Gasteiger partial charge >= 0.3 is 0 Å². The Kier molecular flexibility index (Phi) is 3.90. The molecule has 0 spiro atoms. The van der Waals surface area contributed by atoms with Crippen LogP contribution in [0, 0.1) is 11.3 Å². The van der Waals surface area contributed by atoms with Crippen LogP contribution in [-0.2, 0) is 13.0 Å². The third kappa shape index (κ3) is 2.50. The molecule has 0 fully saturated rings. The summed E-state index contributed by atoms with van der Waals surface area (Å²) in [6, 6.07) is 8.10. The highest BCUT2D eigenvalue weighted by molar-refractivity contribution is 6.31. The van der Waals surface area contributed by atoms with Crippen molar-refractivity contribution in [3.63, 3.8) is 0 Å². The lowest BCUT2D eigenvalue weighted by Gasteiger charge is -2.06. The maximum absolute atomic E-state index is 8.86. The lowest BCUT2D eigenvalue weighted by molar-refractivity contribution is 0.647. The van der Waals surface area contributed by atoms with Crippen LogP contribution in [0.1, 0.15) is 18.9 Å². The van der Waals surface area contributed by atoms with Crippen molar-refractivity contribution >= 4 is 22.5 Å². The van der Waals surface area contributed by atoms with E-state index in [1.54, 1.807) is 0 Å². The molecule has 0 radical (unpaired) electrons. The van der Waals surface area contributed by atoms with Crippen molar-refractivity contribution in [2.24, 2.45) is 5.73 Å². The molecule has 4 heteroatoms. The van der Waals surface area contributed by atoms with Gasteiger partial charge in [0.25, 0.3) is 0 Å². The molecule has 2 aromatic rings. The molecule has 18 heavy (non-hydrogen) atoms. The maximum Gasteiger partial charge on any atom is 0.110 e. The maximum atomic E-state index is 8.86. The van der Waals surface area contributed by atoms with Gasteiger partial charge in [0.15, 0.2) is 0 Å². The van der Waals surface area contributed by atoms with Crippen molar-refractivity contribution in [3.8, 4) is 6.07 Å². The number of fused-ring (bicyclic) bond motifs is 1. The van der Waals surface area contributed by atoms with Crippen molar-refractivity contribution in [3.05, 3.63) is 35.0 Å². The molecule has 0 saturated heterocycles. The average molecular weight is 262 g/mol. The normalized spacial score (nSPS) is 12.6. The second-order valence-electron chi connectivity index (χ2n) is 4.47. The minimum Gasteiger partial charge on any atom is -0.333 e. The van der Waals surface area contributed by atoms with Crippen LogP contribution in [0.2, 0.25) is 5.02 Å². The topological polar surface area (TPSA) is 54.7 Å². The lowest BCUT2D eigenvalue weighted by atomic mass is 10.0. The van der Waals surface area contributed by atoms with E-state index in [4.69, 9.17) is 22.6 Å². The molecule has 1 atom stereocenters. The smallest absolute Gasteiger partial charge is 0.110 e. The van der Waals surface area contributed by atoms with Gasteiger partial charge in [-0.1, -0.05) is 24.6 Å². The zero-order valence-corrected chi connectivity index (χ0v) is 11.1. The Labute approximate surface area is 112 Å². The molecule has 0 saturated carbocycles. The number of hydrogen-bond donors (Lipinski definition) is 1. The number of halogens is 1. The fraction of sp³-hybridized carbons (Fsp3) is 0.357. The van der Waals surface area contributed by atoms with Gasteiger partial charge in [0, 0.05) is 22.6 Å². The fourth-order valence-corrected chi connectivity index (χ4v) is 2.30. The van der Waals surface area contributed by atoms with Gasteiger partial charge in [-0.05, 0) is 30.5 Å². The first kappa shape index (κ1) is 12.9. The highest BCUT2D eigenvalue weighted by Crippen LogP contribution is 2.25. The van der Waals surface area contributed by atoms with E-state index in [-0.39, 0.29) is 6.04 Å². The molecule has 0 aliphatic heterocycles. The molecule has 94 valence electrons. The molecule has 2 N–H and O–H groups in total. The molecular weight excluding hydrogens is 246 g/mol.